The Morgan fingerprint density at radius 3 is 1.80 bits per heavy atom. The minimum Gasteiger partial charge on any atom is -1.00 e. The first-order valence-electron chi connectivity index (χ1n) is 1.40. The van der Waals surface area contributed by atoms with Crippen molar-refractivity contribution < 1.29 is 76.8 Å². The monoisotopic (exact) mass is 229 g/mol. The Bertz CT molecular complexity index is 146. The number of hydrogen-bond donors (Lipinski definition) is 3. The second-order valence-electron chi connectivity index (χ2n) is 0.848. The molecule has 0 bridgehead atoms. The standard InChI is InChI=1S/CH3O6P.Cu.Na.H/c2-1(3)7-8(4,5)6;;;/h(H,2,3)(H2,4,5,6);;;/q;;+1;-1. The van der Waals surface area contributed by atoms with Gasteiger partial charge in [-0.25, -0.2) is 9.36 Å². The van der Waals surface area contributed by atoms with Crippen LogP contribution in [0.5, 0.6) is 0 Å². The average molecular weight is 230 g/mol. The van der Waals surface area contributed by atoms with Crippen LogP contribution in [-0.2, 0) is 26.2 Å². The Balaban J connectivity index is -0.0000000817. The molecule has 0 aliphatic heterocycles. The molecule has 0 saturated heterocycles. The maximum Gasteiger partial charge on any atom is 1.00 e. The summed E-state index contributed by atoms with van der Waals surface area (Å²) in [5.74, 6) is 0. The molecular formula is CH4CuNaO6P. The molecule has 0 unspecified atom stereocenters. The SMILES string of the molecule is O=C(O)OP(=O)(O)O.[Cu].[H-].[Na+]. The molecule has 0 saturated carbocycles. The third-order valence-corrected chi connectivity index (χ3v) is 0.591. The quantitative estimate of drug-likeness (QED) is 0.325. The number of carbonyl (C=O) groups is 1. The zero-order valence-electron chi connectivity index (χ0n) is 5.82. The average Bonchev–Trinajstić information content (AvgIpc) is 1.21. The Morgan fingerprint density at radius 2 is 1.80 bits per heavy atom. The summed E-state index contributed by atoms with van der Waals surface area (Å²) in [5, 5.41) is 7.53. The summed E-state index contributed by atoms with van der Waals surface area (Å²) in [5.41, 5.74) is 0. The molecule has 0 spiro atoms. The molecule has 0 aromatic heterocycles. The Labute approximate surface area is 90.4 Å². The van der Waals surface area contributed by atoms with Gasteiger partial charge in [-0.3, -0.25) is 9.79 Å². The first-order chi connectivity index (χ1) is 3.42. The van der Waals surface area contributed by atoms with E-state index in [2.05, 4.69) is 4.52 Å². The van der Waals surface area contributed by atoms with Gasteiger partial charge < -0.3 is 11.1 Å². The van der Waals surface area contributed by atoms with Crippen LogP contribution in [0.3, 0.4) is 0 Å². The van der Waals surface area contributed by atoms with E-state index in [1.807, 2.05) is 0 Å². The van der Waals surface area contributed by atoms with Crippen molar-refractivity contribution >= 4 is 14.0 Å². The minimum absolute atomic E-state index is 0. The molecule has 0 amide bonds. The maximum absolute atomic E-state index is 9.53. The van der Waals surface area contributed by atoms with Crippen molar-refractivity contribution in [2.45, 2.75) is 0 Å². The number of rotatable bonds is 1. The molecule has 1 radical (unpaired) electrons. The molecule has 6 nitrogen and oxygen atoms in total. The van der Waals surface area contributed by atoms with Crippen LogP contribution in [0.2, 0.25) is 0 Å². The largest absolute Gasteiger partial charge is 1.00 e. The molecule has 9 heteroatoms. The topological polar surface area (TPSA) is 104 Å². The van der Waals surface area contributed by atoms with Gasteiger partial charge in [0.05, 0.1) is 0 Å². The van der Waals surface area contributed by atoms with Gasteiger partial charge in [-0.15, -0.1) is 0 Å². The van der Waals surface area contributed by atoms with Crippen LogP contribution in [0.4, 0.5) is 4.79 Å². The zero-order valence-corrected chi connectivity index (χ0v) is 8.65. The van der Waals surface area contributed by atoms with Crippen molar-refractivity contribution in [3.63, 3.8) is 0 Å². The maximum atomic E-state index is 9.53. The first kappa shape index (κ1) is 17.1. The van der Waals surface area contributed by atoms with Gasteiger partial charge in [0.1, 0.15) is 0 Å². The third kappa shape index (κ3) is 16.0. The summed E-state index contributed by atoms with van der Waals surface area (Å²) in [7, 11) is -4.82. The van der Waals surface area contributed by atoms with E-state index in [1.54, 1.807) is 0 Å². The van der Waals surface area contributed by atoms with Gasteiger partial charge in [0.25, 0.3) is 0 Å². The summed E-state index contributed by atoms with van der Waals surface area (Å²) in [4.78, 5) is 24.7. The molecule has 0 aromatic rings. The van der Waals surface area contributed by atoms with E-state index in [-0.39, 0.29) is 48.1 Å². The molecule has 10 heavy (non-hydrogen) atoms. The summed E-state index contributed by atoms with van der Waals surface area (Å²) in [6, 6.07) is 0. The van der Waals surface area contributed by atoms with Crippen LogP contribution in [0, 0.1) is 0 Å². The molecule has 0 rings (SSSR count). The van der Waals surface area contributed by atoms with Crippen molar-refractivity contribution in [1.29, 1.82) is 0 Å². The molecule has 3 N–H and O–H groups in total. The summed E-state index contributed by atoms with van der Waals surface area (Å²) in [6.45, 7) is 0. The van der Waals surface area contributed by atoms with Crippen molar-refractivity contribution in [3.05, 3.63) is 0 Å². The van der Waals surface area contributed by atoms with E-state index in [0.29, 0.717) is 0 Å². The second kappa shape index (κ2) is 6.64. The fourth-order valence-corrected chi connectivity index (χ4v) is 0.305. The Kier molecular flexibility index (Phi) is 11.4. The number of hydrogen-bond acceptors (Lipinski definition) is 3. The van der Waals surface area contributed by atoms with Crippen molar-refractivity contribution in [2.24, 2.45) is 0 Å². The van der Waals surface area contributed by atoms with Gasteiger partial charge in [0, 0.05) is 17.1 Å². The number of phosphoric ester groups is 1. The number of phosphoric acid groups is 1. The van der Waals surface area contributed by atoms with Gasteiger partial charge in [-0.05, 0) is 0 Å². The molecule has 0 fully saturated rings. The van der Waals surface area contributed by atoms with Crippen LogP contribution in [0.15, 0.2) is 0 Å². The van der Waals surface area contributed by atoms with Crippen LogP contribution in [0.1, 0.15) is 1.43 Å². The van der Waals surface area contributed by atoms with Crippen LogP contribution in [-0.4, -0.2) is 21.0 Å². The predicted molar refractivity (Wildman–Crippen MR) is 22.3 cm³/mol. The zero-order chi connectivity index (χ0) is 6.78. The fraction of sp³-hybridized carbons (Fsp3) is 0. The van der Waals surface area contributed by atoms with Gasteiger partial charge in [-0.2, -0.15) is 0 Å². The van der Waals surface area contributed by atoms with E-state index in [9.17, 15) is 9.36 Å². The predicted octanol–water partition coefficient (Wildman–Crippen LogP) is -3.11. The Hall–Kier alpha value is 0.939. The number of carboxylic acid groups (broad SMARTS) is 1. The van der Waals surface area contributed by atoms with E-state index in [4.69, 9.17) is 14.9 Å². The normalized spacial score (nSPS) is 8.60. The van der Waals surface area contributed by atoms with E-state index < -0.39 is 14.0 Å². The van der Waals surface area contributed by atoms with E-state index in [0.717, 1.165) is 0 Å². The van der Waals surface area contributed by atoms with E-state index in [1.165, 1.54) is 0 Å². The molecule has 0 aliphatic rings. The van der Waals surface area contributed by atoms with Crippen LogP contribution >= 0.6 is 7.82 Å². The summed E-state index contributed by atoms with van der Waals surface area (Å²) < 4.78 is 12.6. The summed E-state index contributed by atoms with van der Waals surface area (Å²) >= 11 is 0. The van der Waals surface area contributed by atoms with Crippen LogP contribution in [0.25, 0.3) is 0 Å². The molecule has 0 aliphatic carbocycles. The molecule has 0 heterocycles. The minimum atomic E-state index is -4.82. The summed E-state index contributed by atoms with van der Waals surface area (Å²) in [6.07, 6.45) is -1.99. The first-order valence-corrected chi connectivity index (χ1v) is 2.93. The molecule has 0 aromatic carbocycles. The Morgan fingerprint density at radius 1 is 1.50 bits per heavy atom. The molecular weight excluding hydrogens is 226 g/mol. The van der Waals surface area contributed by atoms with Gasteiger partial charge >= 0.3 is 43.5 Å². The van der Waals surface area contributed by atoms with Crippen molar-refractivity contribution in [2.75, 3.05) is 0 Å². The molecule has 0 atom stereocenters. The third-order valence-electron chi connectivity index (χ3n) is 0.197. The fourth-order valence-electron chi connectivity index (χ4n) is 0.102. The van der Waals surface area contributed by atoms with Crippen molar-refractivity contribution in [1.82, 2.24) is 0 Å². The van der Waals surface area contributed by atoms with E-state index >= 15 is 0 Å². The second-order valence-corrected chi connectivity index (χ2v) is 2.01. The van der Waals surface area contributed by atoms with Crippen molar-refractivity contribution in [3.8, 4) is 0 Å². The smallest absolute Gasteiger partial charge is 1.00 e. The van der Waals surface area contributed by atoms with Gasteiger partial charge in [0.2, 0.25) is 0 Å². The van der Waals surface area contributed by atoms with Gasteiger partial charge in [-0.1, -0.05) is 0 Å². The van der Waals surface area contributed by atoms with Gasteiger partial charge in [0.15, 0.2) is 0 Å². The van der Waals surface area contributed by atoms with Crippen LogP contribution < -0.4 is 29.6 Å². The molecule has 61 valence electrons.